The Hall–Kier alpha value is -3.17. The van der Waals surface area contributed by atoms with Crippen LogP contribution >= 0.6 is 0 Å². The van der Waals surface area contributed by atoms with Crippen LogP contribution in [0.4, 0.5) is 5.69 Å². The number of amides is 1. The summed E-state index contributed by atoms with van der Waals surface area (Å²) in [6, 6.07) is 11.9. The smallest absolute Gasteiger partial charge is 0.287 e. The predicted molar refractivity (Wildman–Crippen MR) is 139 cm³/mol. The minimum absolute atomic E-state index is 0.250. The van der Waals surface area contributed by atoms with E-state index in [0.717, 1.165) is 50.7 Å². The number of methoxy groups -OCH3 is 1. The maximum atomic E-state index is 13.0. The second kappa shape index (κ2) is 11.7. The van der Waals surface area contributed by atoms with Crippen LogP contribution in [0.15, 0.2) is 40.8 Å². The maximum Gasteiger partial charge on any atom is 0.287 e. The van der Waals surface area contributed by atoms with Crippen molar-refractivity contribution in [3.63, 3.8) is 0 Å². The van der Waals surface area contributed by atoms with Crippen LogP contribution in [0, 0.1) is 5.92 Å². The average molecular weight is 495 g/mol. The van der Waals surface area contributed by atoms with Gasteiger partial charge in [0.25, 0.3) is 5.91 Å². The van der Waals surface area contributed by atoms with Crippen molar-refractivity contribution in [2.75, 3.05) is 39.2 Å². The van der Waals surface area contributed by atoms with Crippen molar-refractivity contribution in [3.8, 4) is 0 Å². The van der Waals surface area contributed by atoms with Gasteiger partial charge < -0.3 is 23.9 Å². The molecule has 2 aromatic heterocycles. The lowest BCUT2D eigenvalue weighted by atomic mass is 10.0. The van der Waals surface area contributed by atoms with Gasteiger partial charge in [-0.05, 0) is 42.2 Å². The van der Waals surface area contributed by atoms with E-state index in [4.69, 9.17) is 9.15 Å². The monoisotopic (exact) mass is 494 g/mol. The van der Waals surface area contributed by atoms with Gasteiger partial charge >= 0.3 is 0 Å². The number of carbonyl (C=O) groups is 1. The Morgan fingerprint density at radius 3 is 2.58 bits per heavy atom. The van der Waals surface area contributed by atoms with Gasteiger partial charge in [-0.25, -0.2) is 0 Å². The third-order valence-corrected chi connectivity index (χ3v) is 6.50. The number of ether oxygens (including phenoxy) is 1. The zero-order chi connectivity index (χ0) is 25.7. The van der Waals surface area contributed by atoms with Crippen LogP contribution in [0.25, 0.3) is 0 Å². The fourth-order valence-corrected chi connectivity index (χ4v) is 4.61. The van der Waals surface area contributed by atoms with Crippen molar-refractivity contribution >= 4 is 11.6 Å². The van der Waals surface area contributed by atoms with E-state index in [9.17, 15) is 4.79 Å². The van der Waals surface area contributed by atoms with Gasteiger partial charge in [0.2, 0.25) is 0 Å². The van der Waals surface area contributed by atoms with Crippen molar-refractivity contribution in [1.29, 1.82) is 0 Å². The zero-order valence-electron chi connectivity index (χ0n) is 22.0. The van der Waals surface area contributed by atoms with E-state index in [-0.39, 0.29) is 17.7 Å². The number of fused-ring (bicyclic) bond motifs is 1. The highest BCUT2D eigenvalue weighted by Gasteiger charge is 2.27. The number of benzene rings is 1. The molecule has 0 saturated heterocycles. The van der Waals surface area contributed by atoms with Gasteiger partial charge in [-0.15, -0.1) is 10.2 Å². The first-order chi connectivity index (χ1) is 17.3. The fourth-order valence-electron chi connectivity index (χ4n) is 4.61. The SMILES string of the molecule is COCc1ccc(C(=O)NC(CC(C)C)c2nnc3n2CCN(Cc2ccc(N(C)C)cc2)CC3)o1. The molecule has 1 aliphatic heterocycles. The van der Waals surface area contributed by atoms with Gasteiger partial charge in [0.1, 0.15) is 18.2 Å². The summed E-state index contributed by atoms with van der Waals surface area (Å²) in [7, 11) is 5.71. The van der Waals surface area contributed by atoms with Gasteiger partial charge in [-0.3, -0.25) is 9.69 Å². The molecule has 0 bridgehead atoms. The van der Waals surface area contributed by atoms with Gasteiger partial charge in [0.15, 0.2) is 11.6 Å². The molecule has 1 unspecified atom stereocenters. The molecule has 36 heavy (non-hydrogen) atoms. The normalized spacial score (nSPS) is 14.9. The van der Waals surface area contributed by atoms with Crippen LogP contribution in [0.2, 0.25) is 0 Å². The molecule has 0 aliphatic carbocycles. The lowest BCUT2D eigenvalue weighted by Gasteiger charge is -2.22. The van der Waals surface area contributed by atoms with Gasteiger partial charge in [0, 0.05) is 59.5 Å². The third-order valence-electron chi connectivity index (χ3n) is 6.50. The van der Waals surface area contributed by atoms with Crippen LogP contribution in [-0.4, -0.2) is 59.9 Å². The summed E-state index contributed by atoms with van der Waals surface area (Å²) < 4.78 is 12.9. The molecule has 4 rings (SSSR count). The van der Waals surface area contributed by atoms with E-state index in [1.165, 1.54) is 11.3 Å². The number of nitrogens with zero attached hydrogens (tertiary/aromatic N) is 5. The quantitative estimate of drug-likeness (QED) is 0.460. The molecule has 1 amide bonds. The maximum absolute atomic E-state index is 13.0. The Balaban J connectivity index is 1.45. The molecule has 0 saturated carbocycles. The van der Waals surface area contributed by atoms with Gasteiger partial charge in [0.05, 0.1) is 6.04 Å². The molecule has 9 nitrogen and oxygen atoms in total. The average Bonchev–Trinajstić information content (AvgIpc) is 3.43. The summed E-state index contributed by atoms with van der Waals surface area (Å²) in [6.07, 6.45) is 1.58. The molecule has 1 aliphatic rings. The minimum atomic E-state index is -0.253. The van der Waals surface area contributed by atoms with E-state index in [1.807, 2.05) is 0 Å². The van der Waals surface area contributed by atoms with E-state index in [0.29, 0.717) is 18.3 Å². The highest BCUT2D eigenvalue weighted by atomic mass is 16.5. The molecule has 0 radical (unpaired) electrons. The van der Waals surface area contributed by atoms with Gasteiger partial charge in [-0.1, -0.05) is 26.0 Å². The lowest BCUT2D eigenvalue weighted by Crippen LogP contribution is -2.32. The zero-order valence-corrected chi connectivity index (χ0v) is 22.0. The highest BCUT2D eigenvalue weighted by Crippen LogP contribution is 2.24. The fraction of sp³-hybridized carbons (Fsp3) is 0.519. The first-order valence-corrected chi connectivity index (χ1v) is 12.6. The Labute approximate surface area is 213 Å². The highest BCUT2D eigenvalue weighted by molar-refractivity contribution is 5.91. The second-order valence-electron chi connectivity index (χ2n) is 10.1. The van der Waals surface area contributed by atoms with Crippen molar-refractivity contribution < 1.29 is 13.9 Å². The van der Waals surface area contributed by atoms with Crippen molar-refractivity contribution in [2.45, 2.75) is 52.4 Å². The second-order valence-corrected chi connectivity index (χ2v) is 10.1. The molecule has 9 heteroatoms. The summed E-state index contributed by atoms with van der Waals surface area (Å²) in [5.41, 5.74) is 2.50. The summed E-state index contributed by atoms with van der Waals surface area (Å²) >= 11 is 0. The predicted octanol–water partition coefficient (Wildman–Crippen LogP) is 3.66. The number of anilines is 1. The van der Waals surface area contributed by atoms with Crippen LogP contribution < -0.4 is 10.2 Å². The lowest BCUT2D eigenvalue weighted by molar-refractivity contribution is 0.0892. The van der Waals surface area contributed by atoms with Crippen molar-refractivity contribution in [2.24, 2.45) is 5.92 Å². The summed E-state index contributed by atoms with van der Waals surface area (Å²) in [6.45, 7) is 8.12. The summed E-state index contributed by atoms with van der Waals surface area (Å²) in [5.74, 6) is 2.80. The number of aromatic nitrogens is 3. The Morgan fingerprint density at radius 2 is 1.89 bits per heavy atom. The minimum Gasteiger partial charge on any atom is -0.453 e. The molecule has 1 atom stereocenters. The Kier molecular flexibility index (Phi) is 8.43. The number of hydrogen-bond donors (Lipinski definition) is 1. The molecule has 0 fully saturated rings. The molecular formula is C27H38N6O3. The van der Waals surface area contributed by atoms with Crippen molar-refractivity contribution in [3.05, 3.63) is 65.1 Å². The van der Waals surface area contributed by atoms with Gasteiger partial charge in [-0.2, -0.15) is 0 Å². The number of hydrogen-bond acceptors (Lipinski definition) is 7. The molecular weight excluding hydrogens is 456 g/mol. The van der Waals surface area contributed by atoms with Crippen LogP contribution in [0.5, 0.6) is 0 Å². The first-order valence-electron chi connectivity index (χ1n) is 12.6. The van der Waals surface area contributed by atoms with Crippen LogP contribution in [-0.2, 0) is 30.9 Å². The Morgan fingerprint density at radius 1 is 1.11 bits per heavy atom. The van der Waals surface area contributed by atoms with Crippen molar-refractivity contribution in [1.82, 2.24) is 25.0 Å². The van der Waals surface area contributed by atoms with Crippen LogP contribution in [0.1, 0.15) is 59.8 Å². The largest absolute Gasteiger partial charge is 0.453 e. The molecule has 1 aromatic carbocycles. The first kappa shape index (κ1) is 25.9. The van der Waals surface area contributed by atoms with E-state index < -0.39 is 0 Å². The number of rotatable bonds is 10. The van der Waals surface area contributed by atoms with E-state index in [1.54, 1.807) is 19.2 Å². The third kappa shape index (κ3) is 6.33. The Bertz CT molecular complexity index is 1130. The molecule has 3 aromatic rings. The number of nitrogens with one attached hydrogen (secondary N) is 1. The summed E-state index contributed by atoms with van der Waals surface area (Å²) in [4.78, 5) is 17.6. The molecule has 0 spiro atoms. The molecule has 3 heterocycles. The topological polar surface area (TPSA) is 88.7 Å². The summed E-state index contributed by atoms with van der Waals surface area (Å²) in [5, 5.41) is 12.2. The molecule has 1 N–H and O–H groups in total. The molecule has 194 valence electrons. The van der Waals surface area contributed by atoms with E-state index >= 15 is 0 Å². The van der Waals surface area contributed by atoms with E-state index in [2.05, 4.69) is 82.1 Å². The van der Waals surface area contributed by atoms with Crippen LogP contribution in [0.3, 0.4) is 0 Å². The number of carbonyl (C=O) groups excluding carboxylic acids is 1. The number of furan rings is 1. The standard InChI is InChI=1S/C27H38N6O3/c1-19(2)16-23(28-27(34)24-11-10-22(36-24)18-35-5)26-30-29-25-12-13-32(14-15-33(25)26)17-20-6-8-21(9-7-20)31(3)4/h6-11,19,23H,12-18H2,1-5H3,(H,28,34).